The van der Waals surface area contributed by atoms with E-state index in [1.54, 1.807) is 6.92 Å². The summed E-state index contributed by atoms with van der Waals surface area (Å²) >= 11 is 0. The summed E-state index contributed by atoms with van der Waals surface area (Å²) in [4.78, 5) is -0.141. The molecule has 3 nitrogen and oxygen atoms in total. The lowest BCUT2D eigenvalue weighted by Gasteiger charge is -1.92. The van der Waals surface area contributed by atoms with Crippen LogP contribution in [-0.4, -0.2) is 13.0 Å². The number of hydrogen-bond donors (Lipinski definition) is 1. The van der Waals surface area contributed by atoms with Gasteiger partial charge in [0.15, 0.2) is 0 Å². The van der Waals surface area contributed by atoms with Gasteiger partial charge in [0.2, 0.25) is 0 Å². The minimum atomic E-state index is -3.95. The predicted molar refractivity (Wildman–Crippen MR) is 31.0 cm³/mol. The summed E-state index contributed by atoms with van der Waals surface area (Å²) in [5.41, 5.74) is 0. The molecule has 0 aromatic heterocycles. The van der Waals surface area contributed by atoms with Gasteiger partial charge < -0.3 is 0 Å². The highest BCUT2D eigenvalue weighted by Crippen LogP contribution is 2.03. The molecule has 48 valence electrons. The Balaban J connectivity index is 4.29. The predicted octanol–water partition coefficient (Wildman–Crippen LogP) is 0.798. The molecular weight excluding hydrogens is 128 g/mol. The molecule has 0 aromatic rings. The van der Waals surface area contributed by atoms with E-state index in [2.05, 4.69) is 6.58 Å². The number of rotatable bonds is 2. The lowest BCUT2D eigenvalue weighted by Crippen LogP contribution is -1.98. The van der Waals surface area contributed by atoms with Crippen LogP contribution in [0.2, 0.25) is 0 Å². The molecule has 0 atom stereocenters. The van der Waals surface area contributed by atoms with Crippen molar-refractivity contribution in [3.8, 4) is 0 Å². The van der Waals surface area contributed by atoms with E-state index < -0.39 is 10.1 Å². The van der Waals surface area contributed by atoms with Gasteiger partial charge in [0.05, 0.1) is 4.91 Å². The van der Waals surface area contributed by atoms with Crippen molar-refractivity contribution in [1.29, 1.82) is 0 Å². The fourth-order valence-electron chi connectivity index (χ4n) is 0.182. The van der Waals surface area contributed by atoms with Crippen LogP contribution in [0.3, 0.4) is 0 Å². The molecule has 0 saturated heterocycles. The highest BCUT2D eigenvalue weighted by molar-refractivity contribution is 7.89. The molecule has 0 aliphatic heterocycles. The van der Waals surface area contributed by atoms with Crippen molar-refractivity contribution in [3.05, 3.63) is 11.5 Å². The molecule has 0 aromatic carbocycles. The SMILES string of the molecule is C=C(CC)S(=O)(=O)O. The van der Waals surface area contributed by atoms with E-state index in [0.29, 0.717) is 0 Å². The molecule has 0 aliphatic rings. The Morgan fingerprint density at radius 1 is 1.75 bits per heavy atom. The van der Waals surface area contributed by atoms with Gasteiger partial charge in [0, 0.05) is 0 Å². The summed E-state index contributed by atoms with van der Waals surface area (Å²) in [6, 6.07) is 0. The van der Waals surface area contributed by atoms with Crippen molar-refractivity contribution >= 4 is 10.1 Å². The molecule has 0 aliphatic carbocycles. The van der Waals surface area contributed by atoms with Gasteiger partial charge in [-0.05, 0) is 6.42 Å². The third kappa shape index (κ3) is 2.09. The van der Waals surface area contributed by atoms with Crippen molar-refractivity contribution in [2.75, 3.05) is 0 Å². The van der Waals surface area contributed by atoms with Gasteiger partial charge in [-0.2, -0.15) is 8.42 Å². The first-order valence-corrected chi connectivity index (χ1v) is 3.57. The van der Waals surface area contributed by atoms with Gasteiger partial charge in [-0.15, -0.1) is 0 Å². The normalized spacial score (nSPS) is 11.2. The van der Waals surface area contributed by atoms with Gasteiger partial charge in [-0.1, -0.05) is 13.5 Å². The molecular formula is C4H8O3S. The zero-order valence-corrected chi connectivity index (χ0v) is 5.40. The Hall–Kier alpha value is -0.350. The quantitative estimate of drug-likeness (QED) is 0.571. The summed E-state index contributed by atoms with van der Waals surface area (Å²) < 4.78 is 28.2. The largest absolute Gasteiger partial charge is 0.290 e. The van der Waals surface area contributed by atoms with E-state index in [1.807, 2.05) is 0 Å². The van der Waals surface area contributed by atoms with Crippen molar-refractivity contribution in [2.45, 2.75) is 13.3 Å². The second kappa shape index (κ2) is 2.28. The van der Waals surface area contributed by atoms with Gasteiger partial charge in [0.1, 0.15) is 0 Å². The average molecular weight is 136 g/mol. The zero-order chi connectivity index (χ0) is 6.78. The summed E-state index contributed by atoms with van der Waals surface area (Å²) in [5.74, 6) is 0. The molecule has 0 fully saturated rings. The maximum atomic E-state index is 10.0. The van der Waals surface area contributed by atoms with Crippen molar-refractivity contribution in [1.82, 2.24) is 0 Å². The monoisotopic (exact) mass is 136 g/mol. The minimum absolute atomic E-state index is 0.141. The van der Waals surface area contributed by atoms with Crippen molar-refractivity contribution in [3.63, 3.8) is 0 Å². The van der Waals surface area contributed by atoms with Crippen LogP contribution in [0, 0.1) is 0 Å². The maximum Gasteiger partial charge on any atom is 0.290 e. The molecule has 8 heavy (non-hydrogen) atoms. The third-order valence-electron chi connectivity index (χ3n) is 0.759. The highest BCUT2D eigenvalue weighted by atomic mass is 32.2. The molecule has 0 radical (unpaired) electrons. The van der Waals surface area contributed by atoms with E-state index in [-0.39, 0.29) is 11.3 Å². The number of allylic oxidation sites excluding steroid dienone is 1. The van der Waals surface area contributed by atoms with Crippen LogP contribution in [0.1, 0.15) is 13.3 Å². The summed E-state index contributed by atoms with van der Waals surface area (Å²) in [6.07, 6.45) is 0.263. The fraction of sp³-hybridized carbons (Fsp3) is 0.500. The molecule has 0 bridgehead atoms. The molecule has 0 rings (SSSR count). The van der Waals surface area contributed by atoms with Crippen LogP contribution in [0.15, 0.2) is 11.5 Å². The van der Waals surface area contributed by atoms with Gasteiger partial charge >= 0.3 is 0 Å². The van der Waals surface area contributed by atoms with E-state index in [4.69, 9.17) is 4.55 Å². The first-order valence-electron chi connectivity index (χ1n) is 2.13. The van der Waals surface area contributed by atoms with Crippen LogP contribution in [0.4, 0.5) is 0 Å². The van der Waals surface area contributed by atoms with Crippen LogP contribution in [0.5, 0.6) is 0 Å². The Morgan fingerprint density at radius 2 is 2.12 bits per heavy atom. The first-order chi connectivity index (χ1) is 3.48. The number of hydrogen-bond acceptors (Lipinski definition) is 2. The second-order valence-corrected chi connectivity index (χ2v) is 2.89. The molecule has 0 amide bonds. The standard InChI is InChI=1S/C4H8O3S/c1-3-4(2)8(5,6)7/h2-3H2,1H3,(H,5,6,7). The first kappa shape index (κ1) is 7.65. The van der Waals surface area contributed by atoms with E-state index in [9.17, 15) is 8.42 Å². The van der Waals surface area contributed by atoms with Crippen LogP contribution >= 0.6 is 0 Å². The van der Waals surface area contributed by atoms with Crippen LogP contribution in [-0.2, 0) is 10.1 Å². The summed E-state index contributed by atoms with van der Waals surface area (Å²) in [7, 11) is -3.95. The van der Waals surface area contributed by atoms with E-state index in [0.717, 1.165) is 0 Å². The van der Waals surface area contributed by atoms with Crippen molar-refractivity contribution < 1.29 is 13.0 Å². The Labute approximate surface area is 48.8 Å². The molecule has 4 heteroatoms. The Bertz CT molecular complexity index is 177. The average Bonchev–Trinajstić information content (AvgIpc) is 1.62. The van der Waals surface area contributed by atoms with Crippen LogP contribution < -0.4 is 0 Å². The second-order valence-electron chi connectivity index (χ2n) is 1.37. The lowest BCUT2D eigenvalue weighted by atomic mass is 10.5. The third-order valence-corrected chi connectivity index (χ3v) is 1.78. The van der Waals surface area contributed by atoms with E-state index >= 15 is 0 Å². The molecule has 0 spiro atoms. The highest BCUT2D eigenvalue weighted by Gasteiger charge is 2.05. The maximum absolute atomic E-state index is 10.0. The lowest BCUT2D eigenvalue weighted by molar-refractivity contribution is 0.490. The molecule has 0 saturated carbocycles. The van der Waals surface area contributed by atoms with Gasteiger partial charge in [0.25, 0.3) is 10.1 Å². The summed E-state index contributed by atoms with van der Waals surface area (Å²) in [5, 5.41) is 0. The minimum Gasteiger partial charge on any atom is -0.282 e. The smallest absolute Gasteiger partial charge is 0.282 e. The summed E-state index contributed by atoms with van der Waals surface area (Å²) in [6.45, 7) is 4.71. The van der Waals surface area contributed by atoms with Gasteiger partial charge in [-0.25, -0.2) is 0 Å². The van der Waals surface area contributed by atoms with E-state index in [1.165, 1.54) is 0 Å². The van der Waals surface area contributed by atoms with Gasteiger partial charge in [-0.3, -0.25) is 4.55 Å². The molecule has 0 heterocycles. The Morgan fingerprint density at radius 3 is 2.12 bits per heavy atom. The topological polar surface area (TPSA) is 54.4 Å². The Kier molecular flexibility index (Phi) is 2.18. The zero-order valence-electron chi connectivity index (χ0n) is 4.59. The van der Waals surface area contributed by atoms with Crippen molar-refractivity contribution in [2.24, 2.45) is 0 Å². The van der Waals surface area contributed by atoms with Crippen LogP contribution in [0.25, 0.3) is 0 Å². The fourth-order valence-corrected chi connectivity index (χ4v) is 0.547. The molecule has 1 N–H and O–H groups in total. The molecule has 0 unspecified atom stereocenters.